The van der Waals surface area contributed by atoms with Gasteiger partial charge < -0.3 is 20.4 Å². The predicted molar refractivity (Wildman–Crippen MR) is 131 cm³/mol. The Hall–Kier alpha value is -2.13. The van der Waals surface area contributed by atoms with E-state index in [4.69, 9.17) is 0 Å². The van der Waals surface area contributed by atoms with E-state index < -0.39 is 0 Å². The number of likely N-dealkylation sites (N-methyl/N-ethyl adjacent to an activating group) is 1. The van der Waals surface area contributed by atoms with Crippen LogP contribution in [-0.4, -0.2) is 62.9 Å². The van der Waals surface area contributed by atoms with Crippen molar-refractivity contribution in [2.45, 2.75) is 13.1 Å². The number of hydrogen-bond acceptors (Lipinski definition) is 3. The monoisotopic (exact) mass is 509 g/mol. The Labute approximate surface area is 191 Å². The molecule has 2 aromatic carbocycles. The number of carbonyl (C=O) groups excluding carboxylic acids is 1. The maximum atomic E-state index is 12.3. The van der Waals surface area contributed by atoms with Crippen LogP contribution in [0.25, 0.3) is 0 Å². The van der Waals surface area contributed by atoms with Gasteiger partial charge in [0.2, 0.25) is 0 Å². The Kier molecular flexibility index (Phi) is 11.3. The van der Waals surface area contributed by atoms with Gasteiger partial charge in [-0.1, -0.05) is 42.5 Å². The Bertz CT molecular complexity index is 778. The van der Waals surface area contributed by atoms with E-state index in [1.165, 1.54) is 5.56 Å². The van der Waals surface area contributed by atoms with Crippen LogP contribution in [0.3, 0.4) is 0 Å². The second-order valence-electron chi connectivity index (χ2n) is 7.13. The Morgan fingerprint density at radius 1 is 0.931 bits per heavy atom. The molecule has 29 heavy (non-hydrogen) atoms. The summed E-state index contributed by atoms with van der Waals surface area (Å²) in [6.45, 7) is 2.66. The number of benzene rings is 2. The molecule has 158 valence electrons. The summed E-state index contributed by atoms with van der Waals surface area (Å²) in [5, 5.41) is 6.32. The van der Waals surface area contributed by atoms with Gasteiger partial charge in [-0.05, 0) is 37.4 Å². The third kappa shape index (κ3) is 9.27. The van der Waals surface area contributed by atoms with Crippen molar-refractivity contribution in [1.82, 2.24) is 20.4 Å². The molecule has 1 amide bonds. The molecule has 0 radical (unpaired) electrons. The molecule has 0 spiro atoms. The first-order valence-electron chi connectivity index (χ1n) is 9.47. The second-order valence-corrected chi connectivity index (χ2v) is 7.13. The quantitative estimate of drug-likeness (QED) is 0.327. The van der Waals surface area contributed by atoms with Crippen LogP contribution < -0.4 is 10.6 Å². The van der Waals surface area contributed by atoms with Crippen molar-refractivity contribution in [3.05, 3.63) is 71.3 Å². The lowest BCUT2D eigenvalue weighted by molar-refractivity contribution is 0.0951. The lowest BCUT2D eigenvalue weighted by atomic mass is 10.1. The molecule has 0 fully saturated rings. The molecule has 0 aliphatic rings. The van der Waals surface area contributed by atoms with Gasteiger partial charge in [0.15, 0.2) is 5.96 Å². The summed E-state index contributed by atoms with van der Waals surface area (Å²) in [5.74, 6) is 0.757. The van der Waals surface area contributed by atoms with Gasteiger partial charge in [-0.25, -0.2) is 4.99 Å². The number of aliphatic imine (C=N–C) groups is 1. The van der Waals surface area contributed by atoms with Gasteiger partial charge in [-0.15, -0.1) is 24.0 Å². The summed E-state index contributed by atoms with van der Waals surface area (Å²) in [7, 11) is 7.90. The standard InChI is InChI=1S/C22H31N5O.HI/c1-26(2)14-13-23-21(28)20-12-8-11-19(15-20)17-25-22(27(3)4)24-16-18-9-6-5-7-10-18;/h5-12,15H,13-14,16-17H2,1-4H3,(H,23,28)(H,24,25);1H. The highest BCUT2D eigenvalue weighted by atomic mass is 127. The minimum absolute atomic E-state index is 0. The molecule has 2 N–H and O–H groups in total. The fourth-order valence-electron chi connectivity index (χ4n) is 2.60. The van der Waals surface area contributed by atoms with Crippen LogP contribution in [0, 0.1) is 0 Å². The zero-order chi connectivity index (χ0) is 20.4. The Balaban J connectivity index is 0.00000420. The number of hydrogen-bond donors (Lipinski definition) is 2. The normalized spacial score (nSPS) is 11.0. The largest absolute Gasteiger partial charge is 0.352 e. The van der Waals surface area contributed by atoms with E-state index in [2.05, 4.69) is 27.8 Å². The van der Waals surface area contributed by atoms with Crippen LogP contribution >= 0.6 is 24.0 Å². The first kappa shape index (κ1) is 24.9. The maximum Gasteiger partial charge on any atom is 0.251 e. The van der Waals surface area contributed by atoms with Gasteiger partial charge in [-0.2, -0.15) is 0 Å². The maximum absolute atomic E-state index is 12.3. The minimum Gasteiger partial charge on any atom is -0.352 e. The molecule has 0 aromatic heterocycles. The van der Waals surface area contributed by atoms with Crippen molar-refractivity contribution in [1.29, 1.82) is 0 Å². The van der Waals surface area contributed by atoms with Gasteiger partial charge in [-0.3, -0.25) is 4.79 Å². The molecule has 0 aliphatic carbocycles. The molecule has 2 aromatic rings. The van der Waals surface area contributed by atoms with Crippen LogP contribution in [-0.2, 0) is 13.1 Å². The summed E-state index contributed by atoms with van der Waals surface area (Å²) >= 11 is 0. The van der Waals surface area contributed by atoms with Crippen molar-refractivity contribution in [3.8, 4) is 0 Å². The lowest BCUT2D eigenvalue weighted by Crippen LogP contribution is -2.36. The SMILES string of the molecule is CN(C)CCNC(=O)c1cccc(CN=C(NCc2ccccc2)N(C)C)c1.I. The van der Waals surface area contributed by atoms with E-state index in [-0.39, 0.29) is 29.9 Å². The van der Waals surface area contributed by atoms with Crippen molar-refractivity contribution >= 4 is 35.8 Å². The van der Waals surface area contributed by atoms with E-state index in [9.17, 15) is 4.79 Å². The Morgan fingerprint density at radius 3 is 2.28 bits per heavy atom. The highest BCUT2D eigenvalue weighted by molar-refractivity contribution is 14.0. The Morgan fingerprint density at radius 2 is 1.62 bits per heavy atom. The second kappa shape index (κ2) is 13.2. The molecular weight excluding hydrogens is 477 g/mol. The van der Waals surface area contributed by atoms with E-state index in [1.807, 2.05) is 80.5 Å². The molecule has 7 heteroatoms. The third-order valence-electron chi connectivity index (χ3n) is 4.16. The molecule has 0 saturated carbocycles. The first-order chi connectivity index (χ1) is 13.5. The fourth-order valence-corrected chi connectivity index (χ4v) is 2.60. The zero-order valence-electron chi connectivity index (χ0n) is 17.7. The fraction of sp³-hybridized carbons (Fsp3) is 0.364. The zero-order valence-corrected chi connectivity index (χ0v) is 20.0. The van der Waals surface area contributed by atoms with Crippen molar-refractivity contribution in [3.63, 3.8) is 0 Å². The first-order valence-corrected chi connectivity index (χ1v) is 9.47. The van der Waals surface area contributed by atoms with Crippen LogP contribution in [0.15, 0.2) is 59.6 Å². The van der Waals surface area contributed by atoms with E-state index in [0.717, 1.165) is 18.1 Å². The van der Waals surface area contributed by atoms with Crippen LogP contribution in [0.4, 0.5) is 0 Å². The van der Waals surface area contributed by atoms with Gasteiger partial charge >= 0.3 is 0 Å². The van der Waals surface area contributed by atoms with Crippen molar-refractivity contribution in [2.24, 2.45) is 4.99 Å². The van der Waals surface area contributed by atoms with Crippen LogP contribution in [0.2, 0.25) is 0 Å². The van der Waals surface area contributed by atoms with Crippen molar-refractivity contribution in [2.75, 3.05) is 41.3 Å². The molecule has 0 bridgehead atoms. The summed E-state index contributed by atoms with van der Waals surface area (Å²) in [6.07, 6.45) is 0. The van der Waals surface area contributed by atoms with E-state index in [0.29, 0.717) is 25.2 Å². The highest BCUT2D eigenvalue weighted by Gasteiger charge is 2.07. The molecule has 0 aliphatic heterocycles. The molecular formula is C22H32IN5O. The summed E-state index contributed by atoms with van der Waals surface area (Å²) in [5.41, 5.74) is 2.87. The molecule has 6 nitrogen and oxygen atoms in total. The van der Waals surface area contributed by atoms with E-state index >= 15 is 0 Å². The van der Waals surface area contributed by atoms with Gasteiger partial charge in [0.05, 0.1) is 6.54 Å². The van der Waals surface area contributed by atoms with Crippen molar-refractivity contribution < 1.29 is 4.79 Å². The van der Waals surface area contributed by atoms with Gasteiger partial charge in [0, 0.05) is 39.3 Å². The number of nitrogens with zero attached hydrogens (tertiary/aromatic N) is 3. The highest BCUT2D eigenvalue weighted by Crippen LogP contribution is 2.07. The molecule has 0 unspecified atom stereocenters. The predicted octanol–water partition coefficient (Wildman–Crippen LogP) is 2.80. The minimum atomic E-state index is -0.0530. The summed E-state index contributed by atoms with van der Waals surface area (Å²) < 4.78 is 0. The number of nitrogens with one attached hydrogen (secondary N) is 2. The summed E-state index contributed by atoms with van der Waals surface area (Å²) in [4.78, 5) is 21.0. The molecule has 2 rings (SSSR count). The number of carbonyl (C=O) groups is 1. The molecule has 0 atom stereocenters. The smallest absolute Gasteiger partial charge is 0.251 e. The molecule has 0 saturated heterocycles. The van der Waals surface area contributed by atoms with Crippen LogP contribution in [0.5, 0.6) is 0 Å². The topological polar surface area (TPSA) is 60.0 Å². The number of amides is 1. The average molecular weight is 509 g/mol. The summed E-state index contributed by atoms with van der Waals surface area (Å²) in [6, 6.07) is 17.9. The third-order valence-corrected chi connectivity index (χ3v) is 4.16. The number of halogens is 1. The van der Waals surface area contributed by atoms with E-state index in [1.54, 1.807) is 0 Å². The van der Waals surface area contributed by atoms with Gasteiger partial charge in [0.1, 0.15) is 0 Å². The van der Waals surface area contributed by atoms with Gasteiger partial charge in [0.25, 0.3) is 5.91 Å². The number of rotatable bonds is 8. The van der Waals surface area contributed by atoms with Crippen LogP contribution in [0.1, 0.15) is 21.5 Å². The lowest BCUT2D eigenvalue weighted by Gasteiger charge is -2.18. The number of guanidine groups is 1. The average Bonchev–Trinajstić information content (AvgIpc) is 2.68. The molecule has 0 heterocycles.